The summed E-state index contributed by atoms with van der Waals surface area (Å²) in [4.78, 5) is 29.8. The number of fused-ring (bicyclic) bond motifs is 1. The first-order valence-electron chi connectivity index (χ1n) is 9.83. The molecule has 1 aliphatic heterocycles. The summed E-state index contributed by atoms with van der Waals surface area (Å²) >= 11 is 0. The van der Waals surface area contributed by atoms with Crippen molar-refractivity contribution in [2.75, 3.05) is 38.1 Å². The fourth-order valence-electron chi connectivity index (χ4n) is 3.38. The summed E-state index contributed by atoms with van der Waals surface area (Å²) in [5.74, 6) is 0.422. The second-order valence-electron chi connectivity index (χ2n) is 6.79. The van der Waals surface area contributed by atoms with E-state index in [0.717, 1.165) is 37.4 Å². The van der Waals surface area contributed by atoms with Gasteiger partial charge in [-0.1, -0.05) is 19.9 Å². The summed E-state index contributed by atoms with van der Waals surface area (Å²) in [5.41, 5.74) is 2.50. The van der Waals surface area contributed by atoms with Crippen LogP contribution in [0.5, 0.6) is 5.75 Å². The van der Waals surface area contributed by atoms with Crippen molar-refractivity contribution < 1.29 is 9.53 Å². The number of anilines is 1. The van der Waals surface area contributed by atoms with Crippen LogP contribution < -0.4 is 20.9 Å². The van der Waals surface area contributed by atoms with Crippen molar-refractivity contribution in [3.05, 3.63) is 57.5 Å². The first kappa shape index (κ1) is 20.1. The van der Waals surface area contributed by atoms with E-state index < -0.39 is 0 Å². The van der Waals surface area contributed by atoms with E-state index in [1.54, 1.807) is 6.07 Å². The number of carbonyl (C=O) groups is 1. The van der Waals surface area contributed by atoms with Crippen molar-refractivity contribution in [1.82, 2.24) is 15.2 Å². The minimum Gasteiger partial charge on any atom is -0.492 e. The smallest absolute Gasteiger partial charge is 0.256 e. The molecule has 0 spiro atoms. The molecule has 7 heteroatoms. The molecule has 1 aromatic carbocycles. The van der Waals surface area contributed by atoms with Crippen LogP contribution in [0.2, 0.25) is 0 Å². The van der Waals surface area contributed by atoms with E-state index in [4.69, 9.17) is 4.74 Å². The molecule has 0 bridgehead atoms. The topological polar surface area (TPSA) is 86.5 Å². The number of aromatic amines is 1. The Morgan fingerprint density at radius 3 is 2.86 bits per heavy atom. The molecule has 1 aromatic heterocycles. The van der Waals surface area contributed by atoms with Crippen LogP contribution in [0.25, 0.3) is 0 Å². The fraction of sp³-hybridized carbons (Fsp3) is 0.429. The van der Waals surface area contributed by atoms with E-state index in [2.05, 4.69) is 34.4 Å². The molecule has 1 amide bonds. The number of aromatic nitrogens is 1. The second-order valence-corrected chi connectivity index (χ2v) is 6.79. The van der Waals surface area contributed by atoms with Crippen molar-refractivity contribution in [2.24, 2.45) is 0 Å². The van der Waals surface area contributed by atoms with Gasteiger partial charge in [-0.3, -0.25) is 9.59 Å². The van der Waals surface area contributed by atoms with E-state index in [-0.39, 0.29) is 11.5 Å². The maximum atomic E-state index is 12.8. The summed E-state index contributed by atoms with van der Waals surface area (Å²) in [5, 5.41) is 6.13. The van der Waals surface area contributed by atoms with Crippen molar-refractivity contribution in [3.63, 3.8) is 0 Å². The Bertz CT molecular complexity index is 874. The molecule has 7 nitrogen and oxygen atoms in total. The van der Waals surface area contributed by atoms with Gasteiger partial charge in [-0.2, -0.15) is 0 Å². The Morgan fingerprint density at radius 2 is 2.07 bits per heavy atom. The minimum absolute atomic E-state index is 0.251. The average molecular weight is 384 g/mol. The normalized spacial score (nSPS) is 13.2. The summed E-state index contributed by atoms with van der Waals surface area (Å²) in [6.45, 7) is 9.05. The molecule has 0 radical (unpaired) electrons. The second kappa shape index (κ2) is 9.52. The molecule has 3 N–H and O–H groups in total. The zero-order valence-corrected chi connectivity index (χ0v) is 16.5. The third-order valence-electron chi connectivity index (χ3n) is 5.00. The SMILES string of the molecule is CCN(CC)CCOc1cccc(NC(=O)c2cc(=O)[nH]c3c2CNCC3)c1. The molecule has 0 aliphatic carbocycles. The Labute approximate surface area is 165 Å². The quantitative estimate of drug-likeness (QED) is 0.648. The first-order valence-corrected chi connectivity index (χ1v) is 9.83. The van der Waals surface area contributed by atoms with Crippen LogP contribution in [0.3, 0.4) is 0 Å². The van der Waals surface area contributed by atoms with Crippen LogP contribution in [0.4, 0.5) is 5.69 Å². The van der Waals surface area contributed by atoms with Gasteiger partial charge in [-0.05, 0) is 30.8 Å². The highest BCUT2D eigenvalue weighted by Crippen LogP contribution is 2.20. The third kappa shape index (κ3) is 4.99. The lowest BCUT2D eigenvalue weighted by Crippen LogP contribution is -2.30. The van der Waals surface area contributed by atoms with Gasteiger partial charge in [0.2, 0.25) is 5.56 Å². The number of hydrogen-bond acceptors (Lipinski definition) is 5. The summed E-state index contributed by atoms with van der Waals surface area (Å²) < 4.78 is 5.82. The van der Waals surface area contributed by atoms with E-state index >= 15 is 0 Å². The zero-order valence-electron chi connectivity index (χ0n) is 16.5. The number of rotatable bonds is 8. The maximum absolute atomic E-state index is 12.8. The maximum Gasteiger partial charge on any atom is 0.256 e. The van der Waals surface area contributed by atoms with Gasteiger partial charge in [0.15, 0.2) is 0 Å². The number of H-pyrrole nitrogens is 1. The van der Waals surface area contributed by atoms with Crippen molar-refractivity contribution in [2.45, 2.75) is 26.8 Å². The van der Waals surface area contributed by atoms with Crippen molar-refractivity contribution in [3.8, 4) is 5.75 Å². The number of pyridine rings is 1. The van der Waals surface area contributed by atoms with Gasteiger partial charge in [0.1, 0.15) is 12.4 Å². The van der Waals surface area contributed by atoms with Crippen LogP contribution in [0, 0.1) is 0 Å². The highest BCUT2D eigenvalue weighted by molar-refractivity contribution is 6.05. The minimum atomic E-state index is -0.286. The van der Waals surface area contributed by atoms with Gasteiger partial charge in [0.25, 0.3) is 5.91 Å². The highest BCUT2D eigenvalue weighted by atomic mass is 16.5. The van der Waals surface area contributed by atoms with Crippen LogP contribution in [0.15, 0.2) is 35.1 Å². The van der Waals surface area contributed by atoms with E-state index in [0.29, 0.717) is 36.6 Å². The lowest BCUT2D eigenvalue weighted by molar-refractivity contribution is 0.102. The number of hydrogen-bond donors (Lipinski definition) is 3. The molecule has 1 aliphatic rings. The van der Waals surface area contributed by atoms with Crippen LogP contribution in [0.1, 0.15) is 35.5 Å². The van der Waals surface area contributed by atoms with Crippen LogP contribution in [-0.2, 0) is 13.0 Å². The fourth-order valence-corrected chi connectivity index (χ4v) is 3.38. The van der Waals surface area contributed by atoms with Gasteiger partial charge >= 0.3 is 0 Å². The summed E-state index contributed by atoms with van der Waals surface area (Å²) in [7, 11) is 0. The molecule has 2 aromatic rings. The van der Waals surface area contributed by atoms with Gasteiger partial charge in [0.05, 0.1) is 5.56 Å². The highest BCUT2D eigenvalue weighted by Gasteiger charge is 2.19. The Morgan fingerprint density at radius 1 is 1.25 bits per heavy atom. The molecule has 0 unspecified atom stereocenters. The van der Waals surface area contributed by atoms with E-state index in [1.807, 2.05) is 18.2 Å². The lowest BCUT2D eigenvalue weighted by Gasteiger charge is -2.19. The first-order chi connectivity index (χ1) is 13.6. The van der Waals surface area contributed by atoms with Crippen molar-refractivity contribution in [1.29, 1.82) is 0 Å². The Hall–Kier alpha value is -2.64. The van der Waals surface area contributed by atoms with Crippen LogP contribution >= 0.6 is 0 Å². The molecule has 0 atom stereocenters. The Balaban J connectivity index is 1.68. The van der Waals surface area contributed by atoms with Gasteiger partial charge in [-0.25, -0.2) is 0 Å². The average Bonchev–Trinajstić information content (AvgIpc) is 2.71. The summed E-state index contributed by atoms with van der Waals surface area (Å²) in [6.07, 6.45) is 0.710. The predicted molar refractivity (Wildman–Crippen MR) is 110 cm³/mol. The van der Waals surface area contributed by atoms with Crippen molar-refractivity contribution >= 4 is 11.6 Å². The third-order valence-corrected chi connectivity index (χ3v) is 5.00. The van der Waals surface area contributed by atoms with E-state index in [9.17, 15) is 9.59 Å². The number of ether oxygens (including phenoxy) is 1. The molecule has 150 valence electrons. The number of likely N-dealkylation sites (N-methyl/N-ethyl adjacent to an activating group) is 1. The number of benzene rings is 1. The molecular weight excluding hydrogens is 356 g/mol. The predicted octanol–water partition coefficient (Wildman–Crippen LogP) is 1.99. The molecule has 2 heterocycles. The van der Waals surface area contributed by atoms with E-state index in [1.165, 1.54) is 6.07 Å². The van der Waals surface area contributed by atoms with Crippen LogP contribution in [-0.4, -0.2) is 48.6 Å². The molecular formula is C21H28N4O3. The zero-order chi connectivity index (χ0) is 19.9. The number of nitrogens with zero attached hydrogens (tertiary/aromatic N) is 1. The molecule has 0 fully saturated rings. The monoisotopic (exact) mass is 384 g/mol. The van der Waals surface area contributed by atoms with Gasteiger partial charge in [0, 0.05) is 49.6 Å². The molecule has 28 heavy (non-hydrogen) atoms. The molecule has 3 rings (SSSR count). The van der Waals surface area contributed by atoms with Gasteiger partial charge in [-0.15, -0.1) is 0 Å². The Kier molecular flexibility index (Phi) is 6.84. The molecule has 0 saturated heterocycles. The number of carbonyl (C=O) groups excluding carboxylic acids is 1. The summed E-state index contributed by atoms with van der Waals surface area (Å²) in [6, 6.07) is 8.70. The standard InChI is InChI=1S/C21H28N4O3/c1-3-25(4-2)10-11-28-16-7-5-6-15(12-16)23-21(27)17-13-20(26)24-19-8-9-22-14-18(17)19/h5-7,12-13,22H,3-4,8-11,14H2,1-2H3,(H,23,27)(H,24,26). The van der Waals surface area contributed by atoms with Gasteiger partial charge < -0.3 is 25.3 Å². The molecule has 0 saturated carbocycles. The largest absolute Gasteiger partial charge is 0.492 e. The lowest BCUT2D eigenvalue weighted by atomic mass is 10.0. The number of amides is 1. The number of nitrogens with one attached hydrogen (secondary N) is 3.